The lowest BCUT2D eigenvalue weighted by Crippen LogP contribution is -2.42. The van der Waals surface area contributed by atoms with Crippen molar-refractivity contribution < 1.29 is 5.11 Å². The summed E-state index contributed by atoms with van der Waals surface area (Å²) < 4.78 is 0. The van der Waals surface area contributed by atoms with Gasteiger partial charge >= 0.3 is 0 Å². The minimum Gasteiger partial charge on any atom is -0.393 e. The summed E-state index contributed by atoms with van der Waals surface area (Å²) in [5, 5.41) is 10.2. The van der Waals surface area contributed by atoms with Crippen molar-refractivity contribution in [3.63, 3.8) is 0 Å². The molecule has 0 aromatic carbocycles. The van der Waals surface area contributed by atoms with Gasteiger partial charge in [0, 0.05) is 5.41 Å². The molecule has 84 valence electrons. The molecule has 2 bridgehead atoms. The summed E-state index contributed by atoms with van der Waals surface area (Å²) in [7, 11) is 0. The van der Waals surface area contributed by atoms with E-state index in [-0.39, 0.29) is 11.5 Å². The molecule has 3 aliphatic carbocycles. The lowest BCUT2D eigenvalue weighted by atomic mass is 9.57. The topological polar surface area (TPSA) is 20.2 Å². The van der Waals surface area contributed by atoms with Gasteiger partial charge in [-0.2, -0.15) is 0 Å². The Morgan fingerprint density at radius 1 is 1.27 bits per heavy atom. The second-order valence-corrected chi connectivity index (χ2v) is 6.57. The van der Waals surface area contributed by atoms with E-state index in [1.165, 1.54) is 31.3 Å². The first-order chi connectivity index (χ1) is 6.98. The van der Waals surface area contributed by atoms with Crippen LogP contribution in [0, 0.1) is 22.7 Å². The van der Waals surface area contributed by atoms with E-state index in [0.717, 1.165) is 12.3 Å². The Bertz CT molecular complexity index is 317. The zero-order valence-corrected chi connectivity index (χ0v) is 9.92. The minimum absolute atomic E-state index is 0.0413. The van der Waals surface area contributed by atoms with Gasteiger partial charge in [-0.05, 0) is 49.4 Å². The summed E-state index contributed by atoms with van der Waals surface area (Å²) in [5.41, 5.74) is 2.00. The van der Waals surface area contributed by atoms with Crippen molar-refractivity contribution in [1.29, 1.82) is 0 Å². The van der Waals surface area contributed by atoms with Crippen molar-refractivity contribution in [3.8, 4) is 0 Å². The molecule has 0 amide bonds. The third-order valence-electron chi connectivity index (χ3n) is 5.94. The number of hydrogen-bond donors (Lipinski definition) is 1. The van der Waals surface area contributed by atoms with E-state index in [1.807, 2.05) is 0 Å². The molecule has 3 fully saturated rings. The average Bonchev–Trinajstić information content (AvgIpc) is 2.72. The zero-order chi connectivity index (χ0) is 10.8. The predicted octanol–water partition coefficient (Wildman–Crippen LogP) is 3.14. The minimum atomic E-state index is -0.0413. The highest BCUT2D eigenvalue weighted by Crippen LogP contribution is 2.68. The summed E-state index contributed by atoms with van der Waals surface area (Å²) in [6.07, 6.45) is 5.94. The highest BCUT2D eigenvalue weighted by Gasteiger charge is 2.61. The first-order valence-electron chi connectivity index (χ1n) is 6.36. The first kappa shape index (κ1) is 9.89. The maximum atomic E-state index is 10.2. The molecule has 0 aromatic heterocycles. The van der Waals surface area contributed by atoms with Crippen LogP contribution < -0.4 is 0 Å². The number of aliphatic hydroxyl groups is 1. The third kappa shape index (κ3) is 0.982. The van der Waals surface area contributed by atoms with Gasteiger partial charge in [0.1, 0.15) is 0 Å². The summed E-state index contributed by atoms with van der Waals surface area (Å²) in [6, 6.07) is 0. The highest BCUT2D eigenvalue weighted by molar-refractivity contribution is 5.27. The molecule has 0 aliphatic heterocycles. The standard InChI is InChI=1S/C14H22O/c1-9-11-4-5-12(15)14(11)7-6-10(8-14)13(9,2)3/h10-12,15H,1,4-8H2,2-3H3/t10-,11-,12-,14-/m1/s1. The molecular formula is C14H22O. The number of allylic oxidation sites excluding steroid dienone is 1. The van der Waals surface area contributed by atoms with E-state index in [9.17, 15) is 5.11 Å². The molecule has 0 radical (unpaired) electrons. The van der Waals surface area contributed by atoms with Crippen molar-refractivity contribution in [2.75, 3.05) is 0 Å². The van der Waals surface area contributed by atoms with Crippen molar-refractivity contribution in [1.82, 2.24) is 0 Å². The summed E-state index contributed by atoms with van der Waals surface area (Å²) in [6.45, 7) is 9.09. The zero-order valence-electron chi connectivity index (χ0n) is 9.92. The monoisotopic (exact) mass is 206 g/mol. The van der Waals surface area contributed by atoms with Crippen LogP contribution in [0.1, 0.15) is 46.0 Å². The smallest absolute Gasteiger partial charge is 0.0602 e. The number of hydrogen-bond acceptors (Lipinski definition) is 1. The van der Waals surface area contributed by atoms with E-state index in [0.29, 0.717) is 11.3 Å². The number of fused-ring (bicyclic) bond motifs is 1. The van der Waals surface area contributed by atoms with Crippen LogP contribution >= 0.6 is 0 Å². The molecule has 1 N–H and O–H groups in total. The lowest BCUT2D eigenvalue weighted by Gasteiger charge is -2.48. The van der Waals surface area contributed by atoms with Crippen LogP contribution in [0.4, 0.5) is 0 Å². The summed E-state index contributed by atoms with van der Waals surface area (Å²) >= 11 is 0. The van der Waals surface area contributed by atoms with Gasteiger partial charge in [0.15, 0.2) is 0 Å². The molecule has 3 saturated carbocycles. The van der Waals surface area contributed by atoms with Gasteiger partial charge < -0.3 is 5.11 Å². The molecular weight excluding hydrogens is 184 g/mol. The maximum Gasteiger partial charge on any atom is 0.0602 e. The van der Waals surface area contributed by atoms with Gasteiger partial charge in [-0.1, -0.05) is 26.0 Å². The van der Waals surface area contributed by atoms with Crippen LogP contribution in [-0.4, -0.2) is 11.2 Å². The Labute approximate surface area is 92.6 Å². The predicted molar refractivity (Wildman–Crippen MR) is 61.4 cm³/mol. The van der Waals surface area contributed by atoms with E-state index in [4.69, 9.17) is 0 Å². The molecule has 0 saturated heterocycles. The van der Waals surface area contributed by atoms with Crippen LogP contribution in [0.3, 0.4) is 0 Å². The van der Waals surface area contributed by atoms with Gasteiger partial charge in [-0.25, -0.2) is 0 Å². The Balaban J connectivity index is 2.07. The van der Waals surface area contributed by atoms with Crippen LogP contribution in [0.15, 0.2) is 12.2 Å². The molecule has 0 unspecified atom stereocenters. The van der Waals surface area contributed by atoms with Gasteiger partial charge in [-0.3, -0.25) is 0 Å². The van der Waals surface area contributed by atoms with Crippen molar-refractivity contribution in [3.05, 3.63) is 12.2 Å². The Morgan fingerprint density at radius 2 is 2.00 bits per heavy atom. The molecule has 1 heteroatoms. The van der Waals surface area contributed by atoms with Crippen molar-refractivity contribution in [2.45, 2.75) is 52.1 Å². The van der Waals surface area contributed by atoms with Crippen molar-refractivity contribution in [2.24, 2.45) is 22.7 Å². The average molecular weight is 206 g/mol. The third-order valence-corrected chi connectivity index (χ3v) is 5.94. The molecule has 4 atom stereocenters. The lowest BCUT2D eigenvalue weighted by molar-refractivity contribution is 0.00891. The SMILES string of the molecule is C=C1[C@H]2CC[C@@H](O)[C@@]23CC[C@H](C3)C1(C)C. The Hall–Kier alpha value is -0.300. The molecule has 3 aliphatic rings. The summed E-state index contributed by atoms with van der Waals surface area (Å²) in [5.74, 6) is 1.38. The fraction of sp³-hybridized carbons (Fsp3) is 0.857. The van der Waals surface area contributed by atoms with Gasteiger partial charge in [0.25, 0.3) is 0 Å². The van der Waals surface area contributed by atoms with E-state index >= 15 is 0 Å². The van der Waals surface area contributed by atoms with Crippen molar-refractivity contribution >= 4 is 0 Å². The Morgan fingerprint density at radius 3 is 2.73 bits per heavy atom. The van der Waals surface area contributed by atoms with E-state index in [2.05, 4.69) is 20.4 Å². The van der Waals surface area contributed by atoms with Gasteiger partial charge in [-0.15, -0.1) is 0 Å². The van der Waals surface area contributed by atoms with E-state index in [1.54, 1.807) is 0 Å². The van der Waals surface area contributed by atoms with Crippen LogP contribution in [0.2, 0.25) is 0 Å². The fourth-order valence-corrected chi connectivity index (χ4v) is 4.71. The second kappa shape index (κ2) is 2.68. The number of aliphatic hydroxyl groups excluding tert-OH is 1. The number of rotatable bonds is 0. The van der Waals surface area contributed by atoms with Crippen LogP contribution in [0.5, 0.6) is 0 Å². The first-order valence-corrected chi connectivity index (χ1v) is 6.36. The highest BCUT2D eigenvalue weighted by atomic mass is 16.3. The molecule has 15 heavy (non-hydrogen) atoms. The molecule has 3 rings (SSSR count). The Kier molecular flexibility index (Phi) is 1.77. The summed E-state index contributed by atoms with van der Waals surface area (Å²) in [4.78, 5) is 0. The van der Waals surface area contributed by atoms with Crippen LogP contribution in [0.25, 0.3) is 0 Å². The normalized spacial score (nSPS) is 51.9. The molecule has 0 aromatic rings. The molecule has 1 spiro atoms. The maximum absolute atomic E-state index is 10.2. The second-order valence-electron chi connectivity index (χ2n) is 6.57. The van der Waals surface area contributed by atoms with E-state index < -0.39 is 0 Å². The molecule has 0 heterocycles. The van der Waals surface area contributed by atoms with Gasteiger partial charge in [0.05, 0.1) is 6.10 Å². The fourth-order valence-electron chi connectivity index (χ4n) is 4.71. The largest absolute Gasteiger partial charge is 0.393 e. The quantitative estimate of drug-likeness (QED) is 0.604. The van der Waals surface area contributed by atoms with Crippen LogP contribution in [-0.2, 0) is 0 Å². The van der Waals surface area contributed by atoms with Gasteiger partial charge in [0.2, 0.25) is 0 Å². The molecule has 1 nitrogen and oxygen atoms in total.